The topological polar surface area (TPSA) is 41.6 Å². The minimum absolute atomic E-state index is 0.129. The zero-order chi connectivity index (χ0) is 17.6. The smallest absolute Gasteiger partial charge is 0.251 e. The summed E-state index contributed by atoms with van der Waals surface area (Å²) in [6.45, 7) is 2.63. The summed E-state index contributed by atoms with van der Waals surface area (Å²) in [5.74, 6) is -0.715. The van der Waals surface area contributed by atoms with Gasteiger partial charge in [0.15, 0.2) is 11.6 Å². The minimum atomic E-state index is -0.541. The molecule has 0 spiro atoms. The van der Waals surface area contributed by atoms with Crippen molar-refractivity contribution in [1.82, 2.24) is 5.32 Å². The van der Waals surface area contributed by atoms with Crippen molar-refractivity contribution in [2.24, 2.45) is 0 Å². The van der Waals surface area contributed by atoms with Crippen LogP contribution in [-0.4, -0.2) is 26.1 Å². The van der Waals surface area contributed by atoms with E-state index in [1.54, 1.807) is 6.07 Å². The number of nitrogens with one attached hydrogen (secondary N) is 1. The number of carbonyl (C=O) groups is 1. The van der Waals surface area contributed by atoms with E-state index < -0.39 is 5.82 Å². The van der Waals surface area contributed by atoms with Gasteiger partial charge in [-0.1, -0.05) is 12.1 Å². The van der Waals surface area contributed by atoms with Gasteiger partial charge in [-0.25, -0.2) is 4.39 Å². The van der Waals surface area contributed by atoms with Gasteiger partial charge >= 0.3 is 0 Å². The number of piperidine rings is 1. The second-order valence-corrected chi connectivity index (χ2v) is 6.25. The van der Waals surface area contributed by atoms with Crippen molar-refractivity contribution in [3.63, 3.8) is 0 Å². The molecule has 2 aromatic rings. The standard InChI is InChI=1S/C20H23FN2O2/c1-25-19-10-7-16(13-18(19)21)20(24)22-14-15-5-8-17(9-6-15)23-11-3-2-4-12-23/h5-10,13H,2-4,11-12,14H2,1H3,(H,22,24). The van der Waals surface area contributed by atoms with Crippen LogP contribution in [-0.2, 0) is 6.54 Å². The zero-order valence-electron chi connectivity index (χ0n) is 14.4. The Bertz CT molecular complexity index is 725. The van der Waals surface area contributed by atoms with E-state index in [0.717, 1.165) is 18.7 Å². The first kappa shape index (κ1) is 17.3. The molecule has 0 bridgehead atoms. The number of ether oxygens (including phenoxy) is 1. The summed E-state index contributed by atoms with van der Waals surface area (Å²) in [6, 6.07) is 12.4. The summed E-state index contributed by atoms with van der Waals surface area (Å²) in [4.78, 5) is 14.6. The van der Waals surface area contributed by atoms with Gasteiger partial charge in [0.05, 0.1) is 7.11 Å². The lowest BCUT2D eigenvalue weighted by Gasteiger charge is -2.28. The van der Waals surface area contributed by atoms with Gasteiger partial charge < -0.3 is 15.0 Å². The largest absolute Gasteiger partial charge is 0.494 e. The van der Waals surface area contributed by atoms with Crippen LogP contribution in [0.15, 0.2) is 42.5 Å². The maximum absolute atomic E-state index is 13.7. The number of nitrogens with zero attached hydrogens (tertiary/aromatic N) is 1. The van der Waals surface area contributed by atoms with Gasteiger partial charge in [-0.3, -0.25) is 4.79 Å². The number of halogens is 1. The molecule has 0 aromatic heterocycles. The SMILES string of the molecule is COc1ccc(C(=O)NCc2ccc(N3CCCCC3)cc2)cc1F. The Hall–Kier alpha value is -2.56. The molecule has 1 amide bonds. The summed E-state index contributed by atoms with van der Waals surface area (Å²) in [6.07, 6.45) is 3.80. The van der Waals surface area contributed by atoms with E-state index in [-0.39, 0.29) is 17.2 Å². The highest BCUT2D eigenvalue weighted by Crippen LogP contribution is 2.20. The number of methoxy groups -OCH3 is 1. The van der Waals surface area contributed by atoms with Crippen LogP contribution in [0.5, 0.6) is 5.75 Å². The summed E-state index contributed by atoms with van der Waals surface area (Å²) >= 11 is 0. The van der Waals surface area contributed by atoms with Crippen molar-refractivity contribution in [3.8, 4) is 5.75 Å². The Kier molecular flexibility index (Phi) is 5.53. The number of carbonyl (C=O) groups excluding carboxylic acids is 1. The van der Waals surface area contributed by atoms with Crippen LogP contribution in [0.25, 0.3) is 0 Å². The van der Waals surface area contributed by atoms with E-state index in [1.165, 1.54) is 44.2 Å². The van der Waals surface area contributed by atoms with Gasteiger partial charge in [-0.2, -0.15) is 0 Å². The van der Waals surface area contributed by atoms with Crippen LogP contribution in [0, 0.1) is 5.82 Å². The molecular formula is C20H23FN2O2. The lowest BCUT2D eigenvalue weighted by molar-refractivity contribution is 0.0950. The molecule has 25 heavy (non-hydrogen) atoms. The first-order chi connectivity index (χ1) is 12.2. The normalized spacial score (nSPS) is 14.2. The highest BCUT2D eigenvalue weighted by atomic mass is 19.1. The Morgan fingerprint density at radius 3 is 2.48 bits per heavy atom. The summed E-state index contributed by atoms with van der Waals surface area (Å²) in [7, 11) is 1.39. The maximum Gasteiger partial charge on any atom is 0.251 e. The Labute approximate surface area is 147 Å². The predicted octanol–water partition coefficient (Wildman–Crippen LogP) is 3.75. The van der Waals surface area contributed by atoms with Gasteiger partial charge in [0.25, 0.3) is 5.91 Å². The molecule has 3 rings (SSSR count). The Morgan fingerprint density at radius 2 is 1.84 bits per heavy atom. The van der Waals surface area contributed by atoms with Gasteiger partial charge in [-0.15, -0.1) is 0 Å². The highest BCUT2D eigenvalue weighted by Gasteiger charge is 2.12. The third-order valence-electron chi connectivity index (χ3n) is 4.52. The van der Waals surface area contributed by atoms with Crippen molar-refractivity contribution in [2.75, 3.05) is 25.1 Å². The molecule has 1 aliphatic heterocycles. The average Bonchev–Trinajstić information content (AvgIpc) is 2.67. The number of anilines is 1. The molecule has 5 heteroatoms. The first-order valence-corrected chi connectivity index (χ1v) is 8.63. The monoisotopic (exact) mass is 342 g/mol. The molecular weight excluding hydrogens is 319 g/mol. The molecule has 0 saturated carbocycles. The highest BCUT2D eigenvalue weighted by molar-refractivity contribution is 5.94. The van der Waals surface area contributed by atoms with E-state index in [0.29, 0.717) is 6.54 Å². The minimum Gasteiger partial charge on any atom is -0.494 e. The van der Waals surface area contributed by atoms with Crippen LogP contribution >= 0.6 is 0 Å². The second kappa shape index (κ2) is 8.01. The third-order valence-corrected chi connectivity index (χ3v) is 4.52. The maximum atomic E-state index is 13.7. The van der Waals surface area contributed by atoms with Crippen molar-refractivity contribution in [3.05, 3.63) is 59.4 Å². The van der Waals surface area contributed by atoms with Crippen LogP contribution in [0.3, 0.4) is 0 Å². The molecule has 0 unspecified atom stereocenters. The van der Waals surface area contributed by atoms with E-state index >= 15 is 0 Å². The van der Waals surface area contributed by atoms with Gasteiger partial charge in [0.1, 0.15) is 0 Å². The van der Waals surface area contributed by atoms with Crippen molar-refractivity contribution in [2.45, 2.75) is 25.8 Å². The van der Waals surface area contributed by atoms with Crippen molar-refractivity contribution >= 4 is 11.6 Å². The number of hydrogen-bond acceptors (Lipinski definition) is 3. The van der Waals surface area contributed by atoms with Gasteiger partial charge in [-0.05, 0) is 55.2 Å². The second-order valence-electron chi connectivity index (χ2n) is 6.25. The lowest BCUT2D eigenvalue weighted by Crippen LogP contribution is -2.29. The summed E-state index contributed by atoms with van der Waals surface area (Å²) in [5.41, 5.74) is 2.53. The van der Waals surface area contributed by atoms with E-state index in [2.05, 4.69) is 22.3 Å². The number of hydrogen-bond donors (Lipinski definition) is 1. The van der Waals surface area contributed by atoms with E-state index in [1.807, 2.05) is 12.1 Å². The summed E-state index contributed by atoms with van der Waals surface area (Å²) < 4.78 is 18.5. The van der Waals surface area contributed by atoms with Gasteiger partial charge in [0, 0.05) is 30.9 Å². The third kappa shape index (κ3) is 4.29. The summed E-state index contributed by atoms with van der Waals surface area (Å²) in [5, 5.41) is 2.82. The Balaban J connectivity index is 1.57. The number of amides is 1. The fraction of sp³-hybridized carbons (Fsp3) is 0.350. The molecule has 0 aliphatic carbocycles. The average molecular weight is 342 g/mol. The first-order valence-electron chi connectivity index (χ1n) is 8.63. The van der Waals surface area contributed by atoms with Crippen LogP contribution in [0.1, 0.15) is 35.2 Å². The van der Waals surface area contributed by atoms with Crippen LogP contribution < -0.4 is 15.0 Å². The number of benzene rings is 2. The Morgan fingerprint density at radius 1 is 1.12 bits per heavy atom. The predicted molar refractivity (Wildman–Crippen MR) is 96.6 cm³/mol. The molecule has 132 valence electrons. The van der Waals surface area contributed by atoms with E-state index in [9.17, 15) is 9.18 Å². The van der Waals surface area contributed by atoms with Gasteiger partial charge in [0.2, 0.25) is 0 Å². The number of rotatable bonds is 5. The molecule has 1 saturated heterocycles. The molecule has 1 fully saturated rings. The van der Waals surface area contributed by atoms with Crippen molar-refractivity contribution in [1.29, 1.82) is 0 Å². The molecule has 1 heterocycles. The molecule has 2 aromatic carbocycles. The van der Waals surface area contributed by atoms with Crippen LogP contribution in [0.2, 0.25) is 0 Å². The quantitative estimate of drug-likeness (QED) is 0.900. The van der Waals surface area contributed by atoms with Crippen molar-refractivity contribution < 1.29 is 13.9 Å². The zero-order valence-corrected chi connectivity index (χ0v) is 14.4. The van der Waals surface area contributed by atoms with Crippen LogP contribution in [0.4, 0.5) is 10.1 Å². The van der Waals surface area contributed by atoms with E-state index in [4.69, 9.17) is 4.74 Å². The lowest BCUT2D eigenvalue weighted by atomic mass is 10.1. The molecule has 1 N–H and O–H groups in total. The molecule has 0 radical (unpaired) electrons. The molecule has 1 aliphatic rings. The molecule has 0 atom stereocenters. The fourth-order valence-corrected chi connectivity index (χ4v) is 3.07. The fourth-order valence-electron chi connectivity index (χ4n) is 3.07. The molecule has 4 nitrogen and oxygen atoms in total.